The summed E-state index contributed by atoms with van der Waals surface area (Å²) in [6, 6.07) is 14.7. The summed E-state index contributed by atoms with van der Waals surface area (Å²) in [6.07, 6.45) is 4.84. The van der Waals surface area contributed by atoms with Crippen molar-refractivity contribution >= 4 is 22.8 Å². The number of carbonyl (C=O) groups is 2. The van der Waals surface area contributed by atoms with E-state index in [0.29, 0.717) is 29.6 Å². The number of carbonyl (C=O) groups excluding carboxylic acids is 1. The number of aliphatic carboxylic acids is 1. The highest BCUT2D eigenvalue weighted by molar-refractivity contribution is 6.01. The molecule has 0 bridgehead atoms. The van der Waals surface area contributed by atoms with Gasteiger partial charge in [0.2, 0.25) is 0 Å². The molecule has 0 saturated carbocycles. The lowest BCUT2D eigenvalue weighted by Gasteiger charge is -2.15. The zero-order chi connectivity index (χ0) is 24.1. The summed E-state index contributed by atoms with van der Waals surface area (Å²) in [5.41, 5.74) is 1.81. The van der Waals surface area contributed by atoms with Crippen molar-refractivity contribution < 1.29 is 19.8 Å². The third kappa shape index (κ3) is 4.78. The molecule has 4 rings (SSSR count). The van der Waals surface area contributed by atoms with Gasteiger partial charge in [-0.2, -0.15) is 0 Å². The largest absolute Gasteiger partial charge is 0.505 e. The molecule has 0 unspecified atom stereocenters. The van der Waals surface area contributed by atoms with Gasteiger partial charge in [-0.3, -0.25) is 19.4 Å². The van der Waals surface area contributed by atoms with E-state index < -0.39 is 11.9 Å². The van der Waals surface area contributed by atoms with E-state index in [1.54, 1.807) is 24.5 Å². The Morgan fingerprint density at radius 3 is 2.56 bits per heavy atom. The van der Waals surface area contributed by atoms with E-state index in [4.69, 9.17) is 5.11 Å². The van der Waals surface area contributed by atoms with Crippen LogP contribution in [0, 0.1) is 0 Å². The number of aryl methyl sites for hydroxylation is 2. The molecule has 0 radical (unpaired) electrons. The van der Waals surface area contributed by atoms with Crippen LogP contribution in [-0.2, 0) is 17.8 Å². The van der Waals surface area contributed by atoms with Crippen molar-refractivity contribution in [2.24, 2.45) is 0 Å². The van der Waals surface area contributed by atoms with Crippen LogP contribution >= 0.6 is 0 Å². The zero-order valence-corrected chi connectivity index (χ0v) is 18.1. The lowest BCUT2D eigenvalue weighted by Crippen LogP contribution is -2.27. The van der Waals surface area contributed by atoms with Gasteiger partial charge in [-0.05, 0) is 24.1 Å². The van der Waals surface area contributed by atoms with E-state index in [0.717, 1.165) is 5.56 Å². The van der Waals surface area contributed by atoms with Crippen LogP contribution in [0.2, 0.25) is 0 Å². The molecule has 3 heterocycles. The van der Waals surface area contributed by atoms with Crippen molar-refractivity contribution in [1.29, 1.82) is 0 Å². The maximum atomic E-state index is 13.4. The second kappa shape index (κ2) is 9.95. The summed E-state index contributed by atoms with van der Waals surface area (Å²) in [7, 11) is 0. The van der Waals surface area contributed by atoms with Crippen molar-refractivity contribution in [3.05, 3.63) is 88.7 Å². The molecule has 34 heavy (non-hydrogen) atoms. The summed E-state index contributed by atoms with van der Waals surface area (Å²) in [6.45, 7) is 0.226. The second-order valence-electron chi connectivity index (χ2n) is 7.65. The zero-order valence-electron chi connectivity index (χ0n) is 18.1. The minimum atomic E-state index is -1.06. The van der Waals surface area contributed by atoms with Crippen molar-refractivity contribution in [1.82, 2.24) is 19.9 Å². The maximum absolute atomic E-state index is 13.4. The second-order valence-corrected chi connectivity index (χ2v) is 7.65. The lowest BCUT2D eigenvalue weighted by atomic mass is 10.1. The van der Waals surface area contributed by atoms with Gasteiger partial charge < -0.3 is 20.1 Å². The Bertz CT molecular complexity index is 1400. The molecule has 0 aliphatic rings. The van der Waals surface area contributed by atoms with Crippen LogP contribution in [-0.4, -0.2) is 43.2 Å². The molecular formula is C25H22N4O5. The molecule has 1 aromatic carbocycles. The number of rotatable bonds is 8. The van der Waals surface area contributed by atoms with Gasteiger partial charge in [0.25, 0.3) is 11.5 Å². The number of nitrogens with one attached hydrogen (secondary N) is 1. The highest BCUT2D eigenvalue weighted by Crippen LogP contribution is 2.29. The van der Waals surface area contributed by atoms with Gasteiger partial charge in [-0.15, -0.1) is 0 Å². The van der Waals surface area contributed by atoms with Gasteiger partial charge in [0.05, 0.1) is 18.1 Å². The van der Waals surface area contributed by atoms with E-state index >= 15 is 0 Å². The van der Waals surface area contributed by atoms with Crippen molar-refractivity contribution in [2.45, 2.75) is 19.4 Å². The molecule has 0 aliphatic heterocycles. The fourth-order valence-corrected chi connectivity index (χ4v) is 3.69. The van der Waals surface area contributed by atoms with Crippen molar-refractivity contribution in [2.75, 3.05) is 6.54 Å². The Hall–Kier alpha value is -4.53. The maximum Gasteiger partial charge on any atom is 0.305 e. The predicted octanol–water partition coefficient (Wildman–Crippen LogP) is 2.61. The topological polar surface area (TPSA) is 134 Å². The lowest BCUT2D eigenvalue weighted by molar-refractivity contribution is -0.136. The molecule has 0 saturated heterocycles. The molecule has 0 aliphatic carbocycles. The van der Waals surface area contributed by atoms with Crippen molar-refractivity contribution in [3.8, 4) is 16.9 Å². The number of aromatic hydroxyl groups is 1. The normalized spacial score (nSPS) is 10.8. The molecule has 9 nitrogen and oxygen atoms in total. The van der Waals surface area contributed by atoms with E-state index in [-0.39, 0.29) is 35.4 Å². The minimum Gasteiger partial charge on any atom is -0.505 e. The van der Waals surface area contributed by atoms with Crippen LogP contribution in [0.3, 0.4) is 0 Å². The number of amides is 1. The predicted molar refractivity (Wildman–Crippen MR) is 126 cm³/mol. The molecule has 4 aromatic rings. The first-order chi connectivity index (χ1) is 16.5. The van der Waals surface area contributed by atoms with Gasteiger partial charge in [0, 0.05) is 42.0 Å². The highest BCUT2D eigenvalue weighted by atomic mass is 16.4. The number of nitrogens with zero attached hydrogens (tertiary/aromatic N) is 3. The molecule has 3 aromatic heterocycles. The van der Waals surface area contributed by atoms with E-state index in [9.17, 15) is 19.5 Å². The summed E-state index contributed by atoms with van der Waals surface area (Å²) in [4.78, 5) is 44.8. The Morgan fingerprint density at radius 1 is 1.06 bits per heavy atom. The quantitative estimate of drug-likeness (QED) is 0.369. The summed E-state index contributed by atoms with van der Waals surface area (Å²) >= 11 is 0. The standard InChI is InChI=1S/C25H22N4O5/c30-21(31)8-11-27-24(33)22-23(32)19-13-18(17-7-4-10-26-14-17)25(34)29(20(19)15-28-22)12-9-16-5-2-1-3-6-16/h1-7,10,13-15,32H,8-9,11-12H2,(H,27,33)(H,30,31). The van der Waals surface area contributed by atoms with Gasteiger partial charge >= 0.3 is 5.97 Å². The van der Waals surface area contributed by atoms with Crippen LogP contribution < -0.4 is 10.9 Å². The molecular weight excluding hydrogens is 436 g/mol. The number of carboxylic acids is 1. The summed E-state index contributed by atoms with van der Waals surface area (Å²) in [5, 5.41) is 22.4. The summed E-state index contributed by atoms with van der Waals surface area (Å²) in [5.74, 6) is -2.14. The molecule has 9 heteroatoms. The molecule has 172 valence electrons. The number of aromatic nitrogens is 3. The SMILES string of the molecule is O=C(O)CCNC(=O)c1ncc2c(cc(-c3cccnc3)c(=O)n2CCc2ccccc2)c1O. The molecule has 1 amide bonds. The van der Waals surface area contributed by atoms with Gasteiger partial charge in [0.1, 0.15) is 0 Å². The van der Waals surface area contributed by atoms with E-state index in [1.807, 2.05) is 30.3 Å². The van der Waals surface area contributed by atoms with Crippen molar-refractivity contribution in [3.63, 3.8) is 0 Å². The van der Waals surface area contributed by atoms with E-state index in [1.165, 1.54) is 16.8 Å². The molecule has 0 fully saturated rings. The fourth-order valence-electron chi connectivity index (χ4n) is 3.69. The Labute approximate surface area is 194 Å². The minimum absolute atomic E-state index is 0.106. The van der Waals surface area contributed by atoms with Gasteiger partial charge in [-0.25, -0.2) is 4.98 Å². The fraction of sp³-hybridized carbons (Fsp3) is 0.160. The average Bonchev–Trinajstić information content (AvgIpc) is 2.84. The van der Waals surface area contributed by atoms with Crippen LogP contribution in [0.15, 0.2) is 71.9 Å². The number of hydrogen-bond acceptors (Lipinski definition) is 6. The third-order valence-electron chi connectivity index (χ3n) is 5.41. The molecule has 0 spiro atoms. The third-order valence-corrected chi connectivity index (χ3v) is 5.41. The van der Waals surface area contributed by atoms with Crippen LogP contribution in [0.1, 0.15) is 22.5 Å². The Balaban J connectivity index is 1.81. The molecule has 0 atom stereocenters. The van der Waals surface area contributed by atoms with E-state index in [2.05, 4.69) is 15.3 Å². The Morgan fingerprint density at radius 2 is 1.85 bits per heavy atom. The number of fused-ring (bicyclic) bond motifs is 1. The average molecular weight is 458 g/mol. The summed E-state index contributed by atoms with van der Waals surface area (Å²) < 4.78 is 1.53. The van der Waals surface area contributed by atoms with Gasteiger partial charge in [0.15, 0.2) is 11.4 Å². The van der Waals surface area contributed by atoms with Crippen LogP contribution in [0.25, 0.3) is 22.0 Å². The number of pyridine rings is 3. The Kier molecular flexibility index (Phi) is 6.63. The monoisotopic (exact) mass is 458 g/mol. The molecule has 3 N–H and O–H groups in total. The number of carboxylic acid groups (broad SMARTS) is 1. The first-order valence-electron chi connectivity index (χ1n) is 10.7. The first-order valence-corrected chi connectivity index (χ1v) is 10.7. The van der Waals surface area contributed by atoms with Crippen LogP contribution in [0.5, 0.6) is 5.75 Å². The smallest absolute Gasteiger partial charge is 0.305 e. The highest BCUT2D eigenvalue weighted by Gasteiger charge is 2.20. The first kappa shape index (κ1) is 22.7. The number of hydrogen-bond donors (Lipinski definition) is 3. The van der Waals surface area contributed by atoms with Crippen LogP contribution in [0.4, 0.5) is 0 Å². The number of benzene rings is 1. The van der Waals surface area contributed by atoms with Gasteiger partial charge in [-0.1, -0.05) is 36.4 Å².